The first kappa shape index (κ1) is 19.9. The summed E-state index contributed by atoms with van der Waals surface area (Å²) in [4.78, 5) is 7.28. The average molecular weight is 377 g/mol. The summed E-state index contributed by atoms with van der Waals surface area (Å²) in [5, 5.41) is 9.21. The van der Waals surface area contributed by atoms with Crippen molar-refractivity contribution in [3.63, 3.8) is 0 Å². The first-order chi connectivity index (χ1) is 13.7. The van der Waals surface area contributed by atoms with Crippen LogP contribution in [0.3, 0.4) is 0 Å². The molecule has 0 fully saturated rings. The van der Waals surface area contributed by atoms with E-state index in [1.165, 1.54) is 5.56 Å². The Kier molecular flexibility index (Phi) is 6.67. The summed E-state index contributed by atoms with van der Waals surface area (Å²) < 4.78 is 7.84. The van der Waals surface area contributed by atoms with Gasteiger partial charge in [-0.1, -0.05) is 26.0 Å². The molecular weight excluding hydrogens is 348 g/mol. The molecule has 3 aromatic rings. The Labute approximate surface area is 167 Å². The number of nitrogens with zero attached hydrogens (tertiary/aromatic N) is 4. The van der Waals surface area contributed by atoms with Gasteiger partial charge in [0.05, 0.1) is 29.3 Å². The topological polar surface area (TPSA) is 54.1 Å². The third-order valence-corrected chi connectivity index (χ3v) is 5.09. The van der Waals surface area contributed by atoms with Crippen molar-refractivity contribution in [2.75, 3.05) is 26.2 Å². The van der Waals surface area contributed by atoms with Crippen LogP contribution in [-0.4, -0.2) is 40.7 Å². The number of hydrogen-bond donors (Lipinski definition) is 0. The Morgan fingerprint density at radius 2 is 1.82 bits per heavy atom. The first-order valence-electron chi connectivity index (χ1n) is 10.0. The maximum atomic E-state index is 9.21. The van der Waals surface area contributed by atoms with E-state index in [4.69, 9.17) is 9.72 Å². The molecule has 0 spiro atoms. The van der Waals surface area contributed by atoms with Gasteiger partial charge in [0, 0.05) is 19.5 Å². The van der Waals surface area contributed by atoms with Crippen LogP contribution in [0.5, 0.6) is 5.75 Å². The smallest absolute Gasteiger partial charge is 0.119 e. The highest BCUT2D eigenvalue weighted by Crippen LogP contribution is 2.21. The predicted molar refractivity (Wildman–Crippen MR) is 113 cm³/mol. The minimum absolute atomic E-state index is 0.647. The van der Waals surface area contributed by atoms with Gasteiger partial charge in [0.2, 0.25) is 0 Å². The molecule has 5 nitrogen and oxygen atoms in total. The van der Waals surface area contributed by atoms with Crippen LogP contribution < -0.4 is 4.74 Å². The van der Waals surface area contributed by atoms with E-state index in [9.17, 15) is 5.26 Å². The number of imidazole rings is 1. The lowest BCUT2D eigenvalue weighted by molar-refractivity contribution is 0.291. The Morgan fingerprint density at radius 3 is 2.46 bits per heavy atom. The van der Waals surface area contributed by atoms with Gasteiger partial charge in [-0.2, -0.15) is 5.26 Å². The van der Waals surface area contributed by atoms with Gasteiger partial charge in [0.25, 0.3) is 0 Å². The van der Waals surface area contributed by atoms with Crippen molar-refractivity contribution >= 4 is 11.0 Å². The fraction of sp³-hybridized carbons (Fsp3) is 0.391. The predicted octanol–water partition coefficient (Wildman–Crippen LogP) is 4.24. The van der Waals surface area contributed by atoms with E-state index in [1.807, 2.05) is 37.3 Å². The maximum absolute atomic E-state index is 9.21. The molecule has 0 aliphatic carbocycles. The van der Waals surface area contributed by atoms with Gasteiger partial charge in [0.15, 0.2) is 0 Å². The van der Waals surface area contributed by atoms with Gasteiger partial charge >= 0.3 is 0 Å². The molecule has 1 aromatic heterocycles. The van der Waals surface area contributed by atoms with Gasteiger partial charge in [-0.05, 0) is 55.9 Å². The van der Waals surface area contributed by atoms with Crippen molar-refractivity contribution in [2.24, 2.45) is 0 Å². The lowest BCUT2D eigenvalue weighted by Crippen LogP contribution is -2.27. The highest BCUT2D eigenvalue weighted by Gasteiger charge is 2.13. The fourth-order valence-electron chi connectivity index (χ4n) is 3.47. The van der Waals surface area contributed by atoms with Crippen LogP contribution in [-0.2, 0) is 13.0 Å². The number of rotatable bonds is 9. The molecule has 3 rings (SSSR count). The largest absolute Gasteiger partial charge is 0.494 e. The molecule has 146 valence electrons. The van der Waals surface area contributed by atoms with Crippen molar-refractivity contribution in [1.82, 2.24) is 14.5 Å². The number of benzene rings is 2. The molecule has 28 heavy (non-hydrogen) atoms. The van der Waals surface area contributed by atoms with Crippen molar-refractivity contribution in [1.29, 1.82) is 5.26 Å². The lowest BCUT2D eigenvalue weighted by atomic mass is 10.1. The van der Waals surface area contributed by atoms with Gasteiger partial charge in [-0.3, -0.25) is 0 Å². The number of ether oxygens (including phenoxy) is 1. The molecular formula is C23H28N4O. The quantitative estimate of drug-likeness (QED) is 0.560. The number of hydrogen-bond acceptors (Lipinski definition) is 4. The van der Waals surface area contributed by atoms with Crippen LogP contribution in [0.25, 0.3) is 11.0 Å². The van der Waals surface area contributed by atoms with Crippen LogP contribution in [0, 0.1) is 11.3 Å². The summed E-state index contributed by atoms with van der Waals surface area (Å²) in [6.07, 6.45) is 0.751. The molecule has 2 aromatic carbocycles. The molecule has 0 atom stereocenters. The molecule has 0 aliphatic rings. The molecule has 0 amide bonds. The Hall–Kier alpha value is -2.84. The zero-order valence-corrected chi connectivity index (χ0v) is 17.0. The van der Waals surface area contributed by atoms with Crippen LogP contribution in [0.2, 0.25) is 0 Å². The van der Waals surface area contributed by atoms with Gasteiger partial charge in [-0.25, -0.2) is 4.98 Å². The monoisotopic (exact) mass is 376 g/mol. The SMILES string of the molecule is CCOc1ccc(Cc2nc3cc(C#N)ccc3n2CCN(CC)CC)cc1. The second-order valence-corrected chi connectivity index (χ2v) is 6.78. The second-order valence-electron chi connectivity index (χ2n) is 6.78. The molecule has 0 bridgehead atoms. The Morgan fingerprint density at radius 1 is 1.07 bits per heavy atom. The van der Waals surface area contributed by atoms with Crippen LogP contribution >= 0.6 is 0 Å². The van der Waals surface area contributed by atoms with Crippen molar-refractivity contribution in [2.45, 2.75) is 33.7 Å². The Bertz CT molecular complexity index is 949. The molecule has 0 saturated carbocycles. The highest BCUT2D eigenvalue weighted by atomic mass is 16.5. The van der Waals surface area contributed by atoms with Crippen LogP contribution in [0.4, 0.5) is 0 Å². The lowest BCUT2D eigenvalue weighted by Gasteiger charge is -2.19. The summed E-state index contributed by atoms with van der Waals surface area (Å²) in [6, 6.07) is 16.2. The second kappa shape index (κ2) is 9.38. The van der Waals surface area contributed by atoms with E-state index in [0.717, 1.165) is 55.2 Å². The standard InChI is InChI=1S/C23H28N4O/c1-4-26(5-2)13-14-27-22-12-9-19(17-24)15-21(22)25-23(27)16-18-7-10-20(11-8-18)28-6-3/h7-12,15H,4-6,13-14,16H2,1-3H3. The fourth-order valence-corrected chi connectivity index (χ4v) is 3.47. The number of fused-ring (bicyclic) bond motifs is 1. The van der Waals surface area contributed by atoms with Crippen molar-refractivity contribution in [3.05, 3.63) is 59.4 Å². The van der Waals surface area contributed by atoms with Gasteiger partial charge < -0.3 is 14.2 Å². The number of likely N-dealkylation sites (N-methyl/N-ethyl adjacent to an activating group) is 1. The minimum atomic E-state index is 0.647. The van der Waals surface area contributed by atoms with E-state index in [1.54, 1.807) is 0 Å². The van der Waals surface area contributed by atoms with E-state index in [-0.39, 0.29) is 0 Å². The van der Waals surface area contributed by atoms with E-state index in [2.05, 4.69) is 41.5 Å². The number of aromatic nitrogens is 2. The number of nitriles is 1. The molecule has 0 unspecified atom stereocenters. The molecule has 0 saturated heterocycles. The minimum Gasteiger partial charge on any atom is -0.494 e. The van der Waals surface area contributed by atoms with Gasteiger partial charge in [-0.15, -0.1) is 0 Å². The summed E-state index contributed by atoms with van der Waals surface area (Å²) in [5.74, 6) is 1.92. The van der Waals surface area contributed by atoms with E-state index in [0.29, 0.717) is 12.2 Å². The van der Waals surface area contributed by atoms with Crippen molar-refractivity contribution in [3.8, 4) is 11.8 Å². The van der Waals surface area contributed by atoms with Crippen molar-refractivity contribution < 1.29 is 4.74 Å². The summed E-state index contributed by atoms with van der Waals surface area (Å²) in [5.41, 5.74) is 3.82. The van der Waals surface area contributed by atoms with E-state index >= 15 is 0 Å². The molecule has 0 N–H and O–H groups in total. The third-order valence-electron chi connectivity index (χ3n) is 5.09. The van der Waals surface area contributed by atoms with Crippen LogP contribution in [0.1, 0.15) is 37.7 Å². The van der Waals surface area contributed by atoms with E-state index < -0.39 is 0 Å². The molecule has 5 heteroatoms. The molecule has 0 radical (unpaired) electrons. The maximum Gasteiger partial charge on any atom is 0.119 e. The average Bonchev–Trinajstić information content (AvgIpc) is 3.06. The summed E-state index contributed by atoms with van der Waals surface area (Å²) in [6.45, 7) is 11.0. The third kappa shape index (κ3) is 4.52. The normalized spacial score (nSPS) is 11.1. The summed E-state index contributed by atoms with van der Waals surface area (Å²) >= 11 is 0. The molecule has 1 heterocycles. The summed E-state index contributed by atoms with van der Waals surface area (Å²) in [7, 11) is 0. The highest BCUT2D eigenvalue weighted by molar-refractivity contribution is 5.78. The zero-order chi connectivity index (χ0) is 19.9. The molecule has 0 aliphatic heterocycles. The van der Waals surface area contributed by atoms with Crippen LogP contribution in [0.15, 0.2) is 42.5 Å². The first-order valence-corrected chi connectivity index (χ1v) is 10.0. The van der Waals surface area contributed by atoms with Gasteiger partial charge in [0.1, 0.15) is 11.6 Å². The Balaban J connectivity index is 1.92. The zero-order valence-electron chi connectivity index (χ0n) is 17.0.